The van der Waals surface area contributed by atoms with E-state index in [0.29, 0.717) is 22.4 Å². The van der Waals surface area contributed by atoms with Crippen molar-refractivity contribution >= 4 is 38.9 Å². The number of hydrogen-bond acceptors (Lipinski definition) is 3. The van der Waals surface area contributed by atoms with E-state index in [2.05, 4.69) is 5.32 Å². The summed E-state index contributed by atoms with van der Waals surface area (Å²) in [4.78, 5) is 25.4. The molecule has 0 atom stereocenters. The lowest BCUT2D eigenvalue weighted by Crippen LogP contribution is -2.13. The topological polar surface area (TPSA) is 66.4 Å². The van der Waals surface area contributed by atoms with E-state index in [9.17, 15) is 14.7 Å². The van der Waals surface area contributed by atoms with Gasteiger partial charge < -0.3 is 10.4 Å². The predicted octanol–water partition coefficient (Wildman–Crippen LogP) is 6.82. The largest absolute Gasteiger partial charge is 0.507 e. The molecule has 0 saturated carbocycles. The fourth-order valence-corrected chi connectivity index (χ4v) is 4.31. The molecule has 0 saturated heterocycles. The van der Waals surface area contributed by atoms with Gasteiger partial charge in [0.25, 0.3) is 5.91 Å². The minimum Gasteiger partial charge on any atom is -0.507 e. The number of nitrogens with one attached hydrogen (secondary N) is 1. The molecule has 1 amide bonds. The molecule has 0 radical (unpaired) electrons. The lowest BCUT2D eigenvalue weighted by molar-refractivity contribution is 0.101. The van der Waals surface area contributed by atoms with Gasteiger partial charge in [-0.15, -0.1) is 0 Å². The van der Waals surface area contributed by atoms with Gasteiger partial charge in [0.1, 0.15) is 5.75 Å². The zero-order chi connectivity index (χ0) is 22.9. The van der Waals surface area contributed by atoms with Crippen molar-refractivity contribution in [3.8, 4) is 16.9 Å². The van der Waals surface area contributed by atoms with Gasteiger partial charge >= 0.3 is 0 Å². The molecule has 4 nitrogen and oxygen atoms in total. The molecule has 0 aromatic heterocycles. The molecule has 2 N–H and O–H groups in total. The Hall–Kier alpha value is -4.44. The molecule has 4 heteroatoms. The number of hydrogen-bond donors (Lipinski definition) is 2. The van der Waals surface area contributed by atoms with Crippen LogP contribution in [0.5, 0.6) is 5.75 Å². The molecular weight excluding hydrogens is 410 g/mol. The van der Waals surface area contributed by atoms with E-state index >= 15 is 0 Å². The van der Waals surface area contributed by atoms with E-state index in [4.69, 9.17) is 0 Å². The highest BCUT2D eigenvalue weighted by Crippen LogP contribution is 2.34. The number of fused-ring (bicyclic) bond motifs is 3. The van der Waals surface area contributed by atoms with Crippen LogP contribution in [-0.2, 0) is 0 Å². The first kappa shape index (κ1) is 20.5. The number of ketones is 1. The van der Waals surface area contributed by atoms with Crippen LogP contribution in [0, 0.1) is 0 Å². The summed E-state index contributed by atoms with van der Waals surface area (Å²) in [6.07, 6.45) is 0. The molecule has 5 rings (SSSR count). The number of benzene rings is 5. The van der Waals surface area contributed by atoms with Crippen molar-refractivity contribution in [2.75, 3.05) is 5.32 Å². The maximum absolute atomic E-state index is 13.3. The van der Waals surface area contributed by atoms with Crippen LogP contribution in [0.15, 0.2) is 97.1 Å². The highest BCUT2D eigenvalue weighted by atomic mass is 16.3. The molecule has 0 spiro atoms. The molecule has 0 heterocycles. The Balaban J connectivity index is 1.54. The minimum absolute atomic E-state index is 0.0534. The molecule has 0 aliphatic carbocycles. The van der Waals surface area contributed by atoms with Crippen LogP contribution in [0.3, 0.4) is 0 Å². The summed E-state index contributed by atoms with van der Waals surface area (Å²) < 4.78 is 0. The maximum atomic E-state index is 13.3. The van der Waals surface area contributed by atoms with E-state index in [0.717, 1.165) is 27.1 Å². The van der Waals surface area contributed by atoms with Crippen molar-refractivity contribution in [1.82, 2.24) is 0 Å². The quantitative estimate of drug-likeness (QED) is 0.242. The molecule has 0 bridgehead atoms. The first-order valence-electron chi connectivity index (χ1n) is 10.7. The molecular formula is C29H21NO3. The van der Waals surface area contributed by atoms with Crippen LogP contribution in [0.25, 0.3) is 32.7 Å². The second-order valence-electron chi connectivity index (χ2n) is 7.98. The normalized spacial score (nSPS) is 10.9. The SMILES string of the molecule is CC(=O)c1ccccc1-c1ccccc1C(=O)Nc1ccc2c(c1)cc(O)c1ccccc12. The number of phenols is 1. The molecule has 0 aliphatic rings. The summed E-state index contributed by atoms with van der Waals surface area (Å²) in [7, 11) is 0. The third-order valence-corrected chi connectivity index (χ3v) is 5.86. The van der Waals surface area contributed by atoms with Crippen molar-refractivity contribution < 1.29 is 14.7 Å². The highest BCUT2D eigenvalue weighted by molar-refractivity contribution is 6.14. The number of carbonyl (C=O) groups excluding carboxylic acids is 2. The summed E-state index contributed by atoms with van der Waals surface area (Å²) in [5.41, 5.74) is 3.10. The molecule has 33 heavy (non-hydrogen) atoms. The van der Waals surface area contributed by atoms with Gasteiger partial charge in [0.15, 0.2) is 5.78 Å². The van der Waals surface area contributed by atoms with Crippen molar-refractivity contribution in [3.05, 3.63) is 108 Å². The molecule has 5 aromatic carbocycles. The average molecular weight is 431 g/mol. The van der Waals surface area contributed by atoms with Crippen LogP contribution in [0.4, 0.5) is 5.69 Å². The summed E-state index contributed by atoms with van der Waals surface area (Å²) in [6, 6.07) is 29.6. The number of rotatable bonds is 4. The fraction of sp³-hybridized carbons (Fsp3) is 0.0345. The first-order valence-corrected chi connectivity index (χ1v) is 10.7. The standard InChI is InChI=1S/C29H21NO3/c1-18(31)21-8-2-3-9-23(21)25-11-5-7-13-27(25)29(33)30-20-14-15-22-19(16-20)17-28(32)26-12-6-4-10-24(22)26/h2-17,32H,1H3,(H,30,33). The number of phenolic OH excluding ortho intramolecular Hbond substituents is 1. The van der Waals surface area contributed by atoms with E-state index in [1.165, 1.54) is 6.92 Å². The third kappa shape index (κ3) is 3.72. The van der Waals surface area contributed by atoms with Gasteiger partial charge in [-0.1, -0.05) is 72.8 Å². The number of amides is 1. The molecule has 160 valence electrons. The fourth-order valence-electron chi connectivity index (χ4n) is 4.31. The van der Waals surface area contributed by atoms with Gasteiger partial charge in [-0.3, -0.25) is 9.59 Å². The molecule has 0 aliphatic heterocycles. The smallest absolute Gasteiger partial charge is 0.256 e. The third-order valence-electron chi connectivity index (χ3n) is 5.86. The van der Waals surface area contributed by atoms with E-state index in [-0.39, 0.29) is 17.4 Å². The second-order valence-corrected chi connectivity index (χ2v) is 7.98. The lowest BCUT2D eigenvalue weighted by Gasteiger charge is -2.13. The van der Waals surface area contributed by atoms with Crippen LogP contribution >= 0.6 is 0 Å². The Bertz CT molecular complexity index is 1550. The van der Waals surface area contributed by atoms with Crippen molar-refractivity contribution in [3.63, 3.8) is 0 Å². The number of aromatic hydroxyl groups is 1. The van der Waals surface area contributed by atoms with Crippen molar-refractivity contribution in [2.45, 2.75) is 6.92 Å². The van der Waals surface area contributed by atoms with Gasteiger partial charge in [-0.05, 0) is 58.5 Å². The number of carbonyl (C=O) groups is 2. The second kappa shape index (κ2) is 8.24. The molecule has 0 fully saturated rings. The highest BCUT2D eigenvalue weighted by Gasteiger charge is 2.17. The predicted molar refractivity (Wildman–Crippen MR) is 133 cm³/mol. The Labute approximate surface area is 191 Å². The summed E-state index contributed by atoms with van der Waals surface area (Å²) >= 11 is 0. The van der Waals surface area contributed by atoms with Crippen molar-refractivity contribution in [2.24, 2.45) is 0 Å². The van der Waals surface area contributed by atoms with Gasteiger partial charge in [-0.25, -0.2) is 0 Å². The number of anilines is 1. The van der Waals surface area contributed by atoms with Crippen LogP contribution in [0.2, 0.25) is 0 Å². The van der Waals surface area contributed by atoms with E-state index in [1.807, 2.05) is 72.8 Å². The molecule has 5 aromatic rings. The van der Waals surface area contributed by atoms with Gasteiger partial charge in [0.2, 0.25) is 0 Å². The zero-order valence-corrected chi connectivity index (χ0v) is 18.0. The Morgan fingerprint density at radius 3 is 2.00 bits per heavy atom. The van der Waals surface area contributed by atoms with Gasteiger partial charge in [-0.2, -0.15) is 0 Å². The van der Waals surface area contributed by atoms with Crippen molar-refractivity contribution in [1.29, 1.82) is 0 Å². The Kier molecular flexibility index (Phi) is 5.11. The Morgan fingerprint density at radius 1 is 0.667 bits per heavy atom. The van der Waals surface area contributed by atoms with Gasteiger partial charge in [0.05, 0.1) is 0 Å². The minimum atomic E-state index is -0.270. The lowest BCUT2D eigenvalue weighted by atomic mass is 9.93. The summed E-state index contributed by atoms with van der Waals surface area (Å²) in [5, 5.41) is 17.0. The van der Waals surface area contributed by atoms with Crippen LogP contribution < -0.4 is 5.32 Å². The summed E-state index contributed by atoms with van der Waals surface area (Å²) in [6.45, 7) is 1.52. The van der Waals surface area contributed by atoms with Gasteiger partial charge in [0, 0.05) is 22.2 Å². The van der Waals surface area contributed by atoms with Crippen LogP contribution in [-0.4, -0.2) is 16.8 Å². The molecule has 0 unspecified atom stereocenters. The van der Waals surface area contributed by atoms with Crippen LogP contribution in [0.1, 0.15) is 27.6 Å². The monoisotopic (exact) mass is 431 g/mol. The van der Waals surface area contributed by atoms with E-state index < -0.39 is 0 Å². The number of Topliss-reactive ketones (excluding diaryl/α,β-unsaturated/α-hetero) is 1. The van der Waals surface area contributed by atoms with E-state index in [1.54, 1.807) is 24.3 Å². The average Bonchev–Trinajstić information content (AvgIpc) is 2.84. The summed E-state index contributed by atoms with van der Waals surface area (Å²) in [5.74, 6) is -0.122. The Morgan fingerprint density at radius 2 is 1.27 bits per heavy atom. The first-order chi connectivity index (χ1) is 16.0. The zero-order valence-electron chi connectivity index (χ0n) is 18.0. The maximum Gasteiger partial charge on any atom is 0.256 e.